The van der Waals surface area contributed by atoms with Crippen molar-refractivity contribution in [3.63, 3.8) is 0 Å². The van der Waals surface area contributed by atoms with Gasteiger partial charge in [0.25, 0.3) is 0 Å². The molecule has 1 aliphatic carbocycles. The summed E-state index contributed by atoms with van der Waals surface area (Å²) in [6.45, 7) is 3.44. The molecule has 0 bridgehead atoms. The topological polar surface area (TPSA) is 68.5 Å². The monoisotopic (exact) mass is 427 g/mol. The van der Waals surface area contributed by atoms with E-state index in [1.807, 2.05) is 36.2 Å². The zero-order valence-corrected chi connectivity index (χ0v) is 18.2. The molecule has 1 aromatic heterocycles. The van der Waals surface area contributed by atoms with E-state index in [1.54, 1.807) is 6.20 Å². The number of amides is 1. The van der Waals surface area contributed by atoms with Crippen LogP contribution >= 0.6 is 24.8 Å². The Morgan fingerprint density at radius 3 is 2.79 bits per heavy atom. The van der Waals surface area contributed by atoms with Crippen molar-refractivity contribution in [1.82, 2.24) is 9.88 Å². The van der Waals surface area contributed by atoms with Crippen LogP contribution in [0.1, 0.15) is 38.2 Å². The molecule has 0 radical (unpaired) electrons. The van der Waals surface area contributed by atoms with Crippen LogP contribution in [0.2, 0.25) is 0 Å². The van der Waals surface area contributed by atoms with Gasteiger partial charge in [0.1, 0.15) is 0 Å². The lowest BCUT2D eigenvalue weighted by molar-refractivity contribution is -0.137. The summed E-state index contributed by atoms with van der Waals surface area (Å²) >= 11 is 0. The number of carbonyl (C=O) groups is 1. The number of benzene rings is 1. The summed E-state index contributed by atoms with van der Waals surface area (Å²) in [5, 5.41) is 1.10. The minimum Gasteiger partial charge on any atom is -0.377 e. The number of halogens is 2. The highest BCUT2D eigenvalue weighted by Crippen LogP contribution is 2.27. The summed E-state index contributed by atoms with van der Waals surface area (Å²) in [4.78, 5) is 19.0. The van der Waals surface area contributed by atoms with Crippen LogP contribution in [-0.2, 0) is 16.1 Å². The Hall–Kier alpha value is -1.40. The molecule has 3 rings (SSSR count). The Bertz CT molecular complexity index is 759. The fourth-order valence-corrected chi connectivity index (χ4v) is 3.77. The van der Waals surface area contributed by atoms with Gasteiger partial charge < -0.3 is 15.4 Å². The van der Waals surface area contributed by atoms with Crippen molar-refractivity contribution in [3.05, 3.63) is 42.1 Å². The fourth-order valence-electron chi connectivity index (χ4n) is 3.77. The minimum atomic E-state index is -0.0515. The molecule has 3 atom stereocenters. The first kappa shape index (κ1) is 24.6. The number of nitrogens with zero attached hydrogens (tertiary/aromatic N) is 2. The van der Waals surface area contributed by atoms with E-state index in [-0.39, 0.29) is 48.8 Å². The molecule has 0 aliphatic heterocycles. The number of ether oxygens (including phenoxy) is 1. The first-order valence-corrected chi connectivity index (χ1v) is 9.54. The second kappa shape index (κ2) is 11.6. The maximum Gasteiger partial charge on any atom is 0.225 e. The molecule has 1 aromatic carbocycles. The van der Waals surface area contributed by atoms with E-state index in [0.717, 1.165) is 42.3 Å². The Balaban J connectivity index is 0.00000196. The molecule has 0 unspecified atom stereocenters. The van der Waals surface area contributed by atoms with Crippen LogP contribution in [0.15, 0.2) is 36.5 Å². The Morgan fingerprint density at radius 2 is 2.07 bits per heavy atom. The standard InChI is InChI=1S/C21H29N3O2.2ClH/c1-3-11-26-20-9-7-17(13-18(20)22)21(25)24(2)14-15-6-8-19-16(12-15)5-4-10-23-19;;/h4-6,8,10,12,17-18,20H,3,7,9,11,13-14,22H2,1-2H3;2*1H/t17-,18+,20+;;/m0../s1. The number of nitrogens with two attached hydrogens (primary N) is 1. The zero-order valence-electron chi connectivity index (χ0n) is 16.5. The molecule has 7 heteroatoms. The van der Waals surface area contributed by atoms with Gasteiger partial charge in [-0.25, -0.2) is 0 Å². The average molecular weight is 428 g/mol. The number of fused-ring (bicyclic) bond motifs is 1. The van der Waals surface area contributed by atoms with E-state index in [1.165, 1.54) is 0 Å². The average Bonchev–Trinajstić information content (AvgIpc) is 2.66. The van der Waals surface area contributed by atoms with Gasteiger partial charge in [0.2, 0.25) is 5.91 Å². The van der Waals surface area contributed by atoms with Gasteiger partial charge in [-0.15, -0.1) is 24.8 Å². The summed E-state index contributed by atoms with van der Waals surface area (Å²) in [6.07, 6.45) is 5.31. The highest BCUT2D eigenvalue weighted by molar-refractivity contribution is 5.85. The van der Waals surface area contributed by atoms with E-state index < -0.39 is 0 Å². The molecule has 156 valence electrons. The van der Waals surface area contributed by atoms with Gasteiger partial charge in [0.05, 0.1) is 11.6 Å². The first-order chi connectivity index (χ1) is 12.6. The maximum atomic E-state index is 12.8. The SMILES string of the molecule is CCCO[C@@H]1CC[C@H](C(=O)N(C)Cc2ccc3ncccc3c2)C[C@H]1N.Cl.Cl. The van der Waals surface area contributed by atoms with Crippen LogP contribution in [0.25, 0.3) is 10.9 Å². The highest BCUT2D eigenvalue weighted by Gasteiger charge is 2.33. The molecule has 1 fully saturated rings. The normalized spacial score (nSPS) is 21.5. The molecule has 0 spiro atoms. The van der Waals surface area contributed by atoms with E-state index in [0.29, 0.717) is 13.0 Å². The van der Waals surface area contributed by atoms with Crippen molar-refractivity contribution in [2.45, 2.75) is 51.3 Å². The molecule has 1 aliphatic rings. The molecular weight excluding hydrogens is 397 g/mol. The molecule has 1 heterocycles. The first-order valence-electron chi connectivity index (χ1n) is 9.54. The molecule has 1 saturated carbocycles. The molecule has 28 heavy (non-hydrogen) atoms. The third kappa shape index (κ3) is 6.05. The van der Waals surface area contributed by atoms with Crippen LogP contribution < -0.4 is 5.73 Å². The summed E-state index contributed by atoms with van der Waals surface area (Å²) < 4.78 is 5.81. The summed E-state index contributed by atoms with van der Waals surface area (Å²) in [6, 6.07) is 10.1. The highest BCUT2D eigenvalue weighted by atomic mass is 35.5. The third-order valence-electron chi connectivity index (χ3n) is 5.18. The van der Waals surface area contributed by atoms with Crippen molar-refractivity contribution in [2.24, 2.45) is 11.7 Å². The predicted molar refractivity (Wildman–Crippen MR) is 118 cm³/mol. The van der Waals surface area contributed by atoms with E-state index in [4.69, 9.17) is 10.5 Å². The number of hydrogen-bond acceptors (Lipinski definition) is 4. The van der Waals surface area contributed by atoms with Crippen molar-refractivity contribution in [3.8, 4) is 0 Å². The second-order valence-electron chi connectivity index (χ2n) is 7.31. The van der Waals surface area contributed by atoms with Crippen LogP contribution in [0, 0.1) is 5.92 Å². The van der Waals surface area contributed by atoms with Crippen LogP contribution in [0.3, 0.4) is 0 Å². The third-order valence-corrected chi connectivity index (χ3v) is 5.18. The molecule has 1 amide bonds. The van der Waals surface area contributed by atoms with Gasteiger partial charge >= 0.3 is 0 Å². The number of pyridine rings is 1. The largest absolute Gasteiger partial charge is 0.377 e. The molecule has 5 nitrogen and oxygen atoms in total. The van der Waals surface area contributed by atoms with Crippen LogP contribution in [0.4, 0.5) is 0 Å². The Labute approximate surface area is 179 Å². The van der Waals surface area contributed by atoms with Gasteiger partial charge in [0.15, 0.2) is 0 Å². The maximum absolute atomic E-state index is 12.8. The second-order valence-corrected chi connectivity index (χ2v) is 7.31. The van der Waals surface area contributed by atoms with Crippen molar-refractivity contribution in [1.29, 1.82) is 0 Å². The Morgan fingerprint density at radius 1 is 1.29 bits per heavy atom. The summed E-state index contributed by atoms with van der Waals surface area (Å²) in [5.74, 6) is 0.180. The minimum absolute atomic E-state index is 0. The number of rotatable bonds is 6. The Kier molecular flexibility index (Phi) is 10.2. The lowest BCUT2D eigenvalue weighted by Gasteiger charge is -2.34. The lowest BCUT2D eigenvalue weighted by atomic mass is 9.83. The van der Waals surface area contributed by atoms with Crippen molar-refractivity contribution >= 4 is 41.6 Å². The smallest absolute Gasteiger partial charge is 0.225 e. The van der Waals surface area contributed by atoms with Crippen molar-refractivity contribution in [2.75, 3.05) is 13.7 Å². The fraction of sp³-hybridized carbons (Fsp3) is 0.524. The lowest BCUT2D eigenvalue weighted by Crippen LogP contribution is -2.46. The van der Waals surface area contributed by atoms with E-state index in [9.17, 15) is 4.79 Å². The van der Waals surface area contributed by atoms with E-state index in [2.05, 4.69) is 18.0 Å². The van der Waals surface area contributed by atoms with Gasteiger partial charge in [-0.3, -0.25) is 9.78 Å². The summed E-state index contributed by atoms with van der Waals surface area (Å²) in [5.41, 5.74) is 8.35. The molecule has 0 saturated heterocycles. The number of hydrogen-bond donors (Lipinski definition) is 1. The molecule has 2 N–H and O–H groups in total. The van der Waals surface area contributed by atoms with E-state index >= 15 is 0 Å². The van der Waals surface area contributed by atoms with Gasteiger partial charge in [-0.2, -0.15) is 0 Å². The zero-order chi connectivity index (χ0) is 18.5. The van der Waals surface area contributed by atoms with Gasteiger partial charge in [-0.1, -0.05) is 19.1 Å². The molecule has 2 aromatic rings. The van der Waals surface area contributed by atoms with Gasteiger partial charge in [-0.05, 0) is 49.4 Å². The number of aromatic nitrogens is 1. The molecular formula is C21H31Cl2N3O2. The van der Waals surface area contributed by atoms with Crippen LogP contribution in [0.5, 0.6) is 0 Å². The van der Waals surface area contributed by atoms with Crippen LogP contribution in [-0.4, -0.2) is 41.6 Å². The van der Waals surface area contributed by atoms with Gasteiger partial charge in [0, 0.05) is 43.7 Å². The number of carbonyl (C=O) groups excluding carboxylic acids is 1. The quantitative estimate of drug-likeness (QED) is 0.756. The predicted octanol–water partition coefficient (Wildman–Crippen LogP) is 3.96. The summed E-state index contributed by atoms with van der Waals surface area (Å²) in [7, 11) is 1.88. The van der Waals surface area contributed by atoms with Crippen molar-refractivity contribution < 1.29 is 9.53 Å².